The van der Waals surface area contributed by atoms with Crippen molar-refractivity contribution in [3.63, 3.8) is 0 Å². The molecule has 0 saturated heterocycles. The summed E-state index contributed by atoms with van der Waals surface area (Å²) in [5.41, 5.74) is 8.10. The summed E-state index contributed by atoms with van der Waals surface area (Å²) in [5.74, 6) is 0.770. The van der Waals surface area contributed by atoms with E-state index in [0.29, 0.717) is 17.3 Å². The number of nitrogens with two attached hydrogens (primary N) is 1. The van der Waals surface area contributed by atoms with Gasteiger partial charge in [0.25, 0.3) is 0 Å². The number of benzene rings is 1. The summed E-state index contributed by atoms with van der Waals surface area (Å²) in [6, 6.07) is 6.10. The molecule has 1 aliphatic rings. The van der Waals surface area contributed by atoms with Gasteiger partial charge in [-0.3, -0.25) is 4.79 Å². The minimum absolute atomic E-state index is 0.0179. The van der Waals surface area contributed by atoms with Crippen LogP contribution in [0.1, 0.15) is 56.3 Å². The van der Waals surface area contributed by atoms with Gasteiger partial charge in [0, 0.05) is 23.0 Å². The van der Waals surface area contributed by atoms with E-state index in [1.54, 1.807) is 6.92 Å². The number of ketones is 1. The van der Waals surface area contributed by atoms with Crippen LogP contribution in [0.3, 0.4) is 0 Å². The van der Waals surface area contributed by atoms with Gasteiger partial charge in [0.05, 0.1) is 0 Å². The molecule has 0 heterocycles. The van der Waals surface area contributed by atoms with Gasteiger partial charge in [-0.05, 0) is 50.8 Å². The lowest BCUT2D eigenvalue weighted by Gasteiger charge is -2.29. The third-order valence-electron chi connectivity index (χ3n) is 4.18. The van der Waals surface area contributed by atoms with Crippen LogP contribution in [0.4, 0.5) is 11.4 Å². The van der Waals surface area contributed by atoms with Crippen LogP contribution in [0.25, 0.3) is 0 Å². The highest BCUT2D eigenvalue weighted by Crippen LogP contribution is 2.28. The van der Waals surface area contributed by atoms with Crippen molar-refractivity contribution < 1.29 is 4.79 Å². The molecule has 0 amide bonds. The molecule has 3 nitrogen and oxygen atoms in total. The molecule has 3 N–H and O–H groups in total. The Morgan fingerprint density at radius 2 is 2.00 bits per heavy atom. The van der Waals surface area contributed by atoms with Gasteiger partial charge >= 0.3 is 0 Å². The average Bonchev–Trinajstić information content (AvgIpc) is 2.39. The zero-order chi connectivity index (χ0) is 13.8. The molecule has 0 aromatic heterocycles. The standard InChI is InChI=1S/C16H24N2O/c1-11(13-6-4-3-5-7-13)18-14-8-9-15(12(2)19)16(17)10-14/h8-11,13,18H,3-7,17H2,1-2H3. The highest BCUT2D eigenvalue weighted by atomic mass is 16.1. The lowest BCUT2D eigenvalue weighted by atomic mass is 9.84. The Morgan fingerprint density at radius 3 is 2.58 bits per heavy atom. The predicted octanol–water partition coefficient (Wildman–Crippen LogP) is 3.85. The van der Waals surface area contributed by atoms with Crippen LogP contribution < -0.4 is 11.1 Å². The first-order valence-corrected chi connectivity index (χ1v) is 7.25. The number of nitrogen functional groups attached to an aromatic ring is 1. The molecule has 1 unspecified atom stereocenters. The van der Waals surface area contributed by atoms with Crippen LogP contribution in [0.2, 0.25) is 0 Å². The Labute approximate surface area is 115 Å². The summed E-state index contributed by atoms with van der Waals surface area (Å²) in [6.45, 7) is 3.79. The van der Waals surface area contributed by atoms with E-state index in [-0.39, 0.29) is 5.78 Å². The maximum absolute atomic E-state index is 11.3. The molecule has 0 spiro atoms. The smallest absolute Gasteiger partial charge is 0.161 e. The zero-order valence-electron chi connectivity index (χ0n) is 11.9. The van der Waals surface area contributed by atoms with Crippen molar-refractivity contribution in [2.24, 2.45) is 5.92 Å². The van der Waals surface area contributed by atoms with Crippen LogP contribution in [0.15, 0.2) is 18.2 Å². The molecular weight excluding hydrogens is 236 g/mol. The van der Waals surface area contributed by atoms with Gasteiger partial charge in [-0.1, -0.05) is 19.3 Å². The van der Waals surface area contributed by atoms with E-state index in [9.17, 15) is 4.79 Å². The molecular formula is C16H24N2O. The molecule has 0 radical (unpaired) electrons. The van der Waals surface area contributed by atoms with E-state index in [4.69, 9.17) is 5.73 Å². The topological polar surface area (TPSA) is 55.1 Å². The Bertz CT molecular complexity index is 450. The summed E-state index contributed by atoms with van der Waals surface area (Å²) < 4.78 is 0. The summed E-state index contributed by atoms with van der Waals surface area (Å²) in [5, 5.41) is 3.53. The Balaban J connectivity index is 2.02. The first-order chi connectivity index (χ1) is 9.08. The van der Waals surface area contributed by atoms with Gasteiger partial charge in [-0.25, -0.2) is 0 Å². The van der Waals surface area contributed by atoms with Crippen molar-refractivity contribution in [2.45, 2.75) is 52.0 Å². The molecule has 104 valence electrons. The van der Waals surface area contributed by atoms with Crippen LogP contribution in [0.5, 0.6) is 0 Å². The molecule has 0 aliphatic heterocycles. The number of anilines is 2. The summed E-state index contributed by atoms with van der Waals surface area (Å²) in [6.07, 6.45) is 6.71. The minimum Gasteiger partial charge on any atom is -0.398 e. The maximum Gasteiger partial charge on any atom is 0.161 e. The number of carbonyl (C=O) groups excluding carboxylic acids is 1. The largest absolute Gasteiger partial charge is 0.398 e. The van der Waals surface area contributed by atoms with Gasteiger partial charge in [0.2, 0.25) is 0 Å². The van der Waals surface area contributed by atoms with Crippen molar-refractivity contribution >= 4 is 17.2 Å². The average molecular weight is 260 g/mol. The third-order valence-corrected chi connectivity index (χ3v) is 4.18. The van der Waals surface area contributed by atoms with E-state index in [2.05, 4.69) is 12.2 Å². The summed E-state index contributed by atoms with van der Waals surface area (Å²) in [4.78, 5) is 11.3. The van der Waals surface area contributed by atoms with Crippen LogP contribution in [-0.4, -0.2) is 11.8 Å². The van der Waals surface area contributed by atoms with Crippen molar-refractivity contribution in [1.82, 2.24) is 0 Å². The van der Waals surface area contributed by atoms with E-state index >= 15 is 0 Å². The van der Waals surface area contributed by atoms with Crippen molar-refractivity contribution in [3.8, 4) is 0 Å². The van der Waals surface area contributed by atoms with Gasteiger partial charge < -0.3 is 11.1 Å². The fourth-order valence-corrected chi connectivity index (χ4v) is 2.99. The summed E-state index contributed by atoms with van der Waals surface area (Å²) in [7, 11) is 0. The number of Topliss-reactive ketones (excluding diaryl/α,β-unsaturated/α-hetero) is 1. The molecule has 0 bridgehead atoms. The minimum atomic E-state index is 0.0179. The molecule has 1 aliphatic carbocycles. The molecule has 1 saturated carbocycles. The van der Waals surface area contributed by atoms with Crippen molar-refractivity contribution in [3.05, 3.63) is 23.8 Å². The summed E-state index contributed by atoms with van der Waals surface area (Å²) >= 11 is 0. The Kier molecular flexibility index (Phi) is 4.46. The monoisotopic (exact) mass is 260 g/mol. The molecule has 1 aromatic rings. The predicted molar refractivity (Wildman–Crippen MR) is 80.5 cm³/mol. The van der Waals surface area contributed by atoms with E-state index in [0.717, 1.165) is 11.6 Å². The second-order valence-electron chi connectivity index (χ2n) is 5.69. The Hall–Kier alpha value is -1.51. The lowest BCUT2D eigenvalue weighted by molar-refractivity contribution is 0.101. The quantitative estimate of drug-likeness (QED) is 0.638. The second-order valence-corrected chi connectivity index (χ2v) is 5.69. The molecule has 1 atom stereocenters. The lowest BCUT2D eigenvalue weighted by Crippen LogP contribution is -2.27. The number of carbonyl (C=O) groups is 1. The maximum atomic E-state index is 11.3. The van der Waals surface area contributed by atoms with Crippen LogP contribution in [0, 0.1) is 5.92 Å². The highest BCUT2D eigenvalue weighted by molar-refractivity contribution is 5.99. The molecule has 1 fully saturated rings. The number of nitrogens with one attached hydrogen (secondary N) is 1. The van der Waals surface area contributed by atoms with Gasteiger partial charge in [0.1, 0.15) is 0 Å². The van der Waals surface area contributed by atoms with Crippen LogP contribution >= 0.6 is 0 Å². The van der Waals surface area contributed by atoms with Crippen molar-refractivity contribution in [1.29, 1.82) is 0 Å². The highest BCUT2D eigenvalue weighted by Gasteiger charge is 2.20. The van der Waals surface area contributed by atoms with Gasteiger partial charge in [-0.2, -0.15) is 0 Å². The molecule has 2 rings (SSSR count). The SMILES string of the molecule is CC(=O)c1ccc(NC(C)C2CCCCC2)cc1N. The first kappa shape index (κ1) is 13.9. The fourth-order valence-electron chi connectivity index (χ4n) is 2.99. The van der Waals surface area contributed by atoms with Crippen molar-refractivity contribution in [2.75, 3.05) is 11.1 Å². The van der Waals surface area contributed by atoms with Gasteiger partial charge in [0.15, 0.2) is 5.78 Å². The van der Waals surface area contributed by atoms with Gasteiger partial charge in [-0.15, -0.1) is 0 Å². The fraction of sp³-hybridized carbons (Fsp3) is 0.562. The van der Waals surface area contributed by atoms with E-state index in [1.165, 1.54) is 32.1 Å². The first-order valence-electron chi connectivity index (χ1n) is 7.25. The molecule has 3 heteroatoms. The van der Waals surface area contributed by atoms with E-state index in [1.807, 2.05) is 18.2 Å². The van der Waals surface area contributed by atoms with Crippen LogP contribution in [-0.2, 0) is 0 Å². The Morgan fingerprint density at radius 1 is 1.32 bits per heavy atom. The second kappa shape index (κ2) is 6.09. The molecule has 1 aromatic carbocycles. The number of hydrogen-bond acceptors (Lipinski definition) is 3. The number of rotatable bonds is 4. The zero-order valence-corrected chi connectivity index (χ0v) is 11.9. The molecule has 19 heavy (non-hydrogen) atoms. The van der Waals surface area contributed by atoms with E-state index < -0.39 is 0 Å². The normalized spacial score (nSPS) is 18.0. The third kappa shape index (κ3) is 3.49. The number of hydrogen-bond donors (Lipinski definition) is 2.